The Morgan fingerprint density at radius 2 is 2.08 bits per heavy atom. The number of rotatable bonds is 9. The number of aromatic nitrogens is 3. The van der Waals surface area contributed by atoms with Crippen LogP contribution in [0.4, 0.5) is 16.0 Å². The molecule has 0 bridgehead atoms. The molecule has 2 aromatic heterocycles. The molecule has 0 unspecified atom stereocenters. The van der Waals surface area contributed by atoms with Crippen molar-refractivity contribution >= 4 is 35.0 Å². The van der Waals surface area contributed by atoms with Crippen LogP contribution >= 0.6 is 11.6 Å². The van der Waals surface area contributed by atoms with Crippen molar-refractivity contribution in [1.29, 1.82) is 0 Å². The molecule has 1 aromatic carbocycles. The Labute approximate surface area is 226 Å². The smallest absolute Gasteiger partial charge is 0.310 e. The fourth-order valence-electron chi connectivity index (χ4n) is 5.23. The van der Waals surface area contributed by atoms with Crippen molar-refractivity contribution in [2.75, 3.05) is 11.9 Å². The van der Waals surface area contributed by atoms with Gasteiger partial charge in [-0.3, -0.25) is 19.6 Å². The predicted molar refractivity (Wildman–Crippen MR) is 144 cm³/mol. The van der Waals surface area contributed by atoms with Crippen LogP contribution in [-0.4, -0.2) is 49.5 Å². The summed E-state index contributed by atoms with van der Waals surface area (Å²) in [6.07, 6.45) is 1.22. The average Bonchev–Trinajstić information content (AvgIpc) is 3.29. The number of halogens is 2. The number of likely N-dealkylation sites (tertiary alicyclic amines) is 1. The molecule has 3 heterocycles. The minimum atomic E-state index is -1.07. The van der Waals surface area contributed by atoms with Crippen molar-refractivity contribution in [2.24, 2.45) is 5.41 Å². The number of carboxylic acids is 1. The van der Waals surface area contributed by atoms with E-state index in [0.29, 0.717) is 66.4 Å². The van der Waals surface area contributed by atoms with Gasteiger partial charge in [-0.05, 0) is 52.3 Å². The molecule has 3 N–H and O–H groups in total. The molecule has 1 fully saturated rings. The second kappa shape index (κ2) is 11.2. The Kier molecular flexibility index (Phi) is 8.18. The standard InChI is InChI=1S/C28H33ClFN5O3/c1-5-23(36)21-12-20(31-26(18(21)4)32-24-11-16(2)33-34-24)14-28(27(37)38)9-10-35(17(3)13-28)15-19-7-6-8-22(29)25(19)30/h6-8,11-12,17H,5,9-10,13-15H2,1-4H3,(H,37,38)(H2,31,32,33,34)/t17-,28-/m1/s1. The normalized spacial score (nSPS) is 19.9. The van der Waals surface area contributed by atoms with E-state index in [-0.39, 0.29) is 23.3 Å². The van der Waals surface area contributed by atoms with E-state index < -0.39 is 17.2 Å². The third-order valence-corrected chi connectivity index (χ3v) is 7.76. The van der Waals surface area contributed by atoms with Gasteiger partial charge in [0.15, 0.2) is 11.6 Å². The van der Waals surface area contributed by atoms with E-state index in [0.717, 1.165) is 5.69 Å². The molecule has 8 nitrogen and oxygen atoms in total. The summed E-state index contributed by atoms with van der Waals surface area (Å²) in [6.45, 7) is 8.28. The van der Waals surface area contributed by atoms with Crippen molar-refractivity contribution in [3.05, 3.63) is 69.2 Å². The molecule has 10 heteroatoms. The first-order chi connectivity index (χ1) is 18.0. The lowest BCUT2D eigenvalue weighted by atomic mass is 9.72. The number of hydrogen-bond acceptors (Lipinski definition) is 6. The van der Waals surface area contributed by atoms with Crippen LogP contribution in [0.5, 0.6) is 0 Å². The lowest BCUT2D eigenvalue weighted by molar-refractivity contribution is -0.153. The molecule has 0 amide bonds. The fraction of sp³-hybridized carbons (Fsp3) is 0.429. The minimum Gasteiger partial charge on any atom is -0.481 e. The fourth-order valence-corrected chi connectivity index (χ4v) is 5.43. The van der Waals surface area contributed by atoms with E-state index in [2.05, 4.69) is 20.4 Å². The number of anilines is 2. The molecule has 1 aliphatic heterocycles. The Morgan fingerprint density at radius 3 is 2.71 bits per heavy atom. The number of Topliss-reactive ketones (excluding diaryl/α,β-unsaturated/α-hetero) is 1. The minimum absolute atomic E-state index is 0.0384. The number of piperidine rings is 1. The van der Waals surface area contributed by atoms with Gasteiger partial charge in [0.2, 0.25) is 0 Å². The number of aliphatic carboxylic acids is 1. The number of benzene rings is 1. The van der Waals surface area contributed by atoms with E-state index in [1.165, 1.54) is 6.07 Å². The molecule has 0 radical (unpaired) electrons. The average molecular weight is 542 g/mol. The summed E-state index contributed by atoms with van der Waals surface area (Å²) >= 11 is 5.95. The number of hydrogen-bond donors (Lipinski definition) is 3. The van der Waals surface area contributed by atoms with Crippen molar-refractivity contribution < 1.29 is 19.1 Å². The van der Waals surface area contributed by atoms with E-state index in [4.69, 9.17) is 16.6 Å². The number of aromatic amines is 1. The molecule has 4 rings (SSSR count). The molecule has 1 saturated heterocycles. The number of nitrogens with one attached hydrogen (secondary N) is 2. The molecule has 38 heavy (non-hydrogen) atoms. The van der Waals surface area contributed by atoms with E-state index in [9.17, 15) is 19.1 Å². The van der Waals surface area contributed by atoms with E-state index in [1.807, 2.05) is 26.8 Å². The number of ketones is 1. The van der Waals surface area contributed by atoms with Gasteiger partial charge in [0.1, 0.15) is 11.6 Å². The molecule has 0 saturated carbocycles. The Balaban J connectivity index is 1.61. The maximum atomic E-state index is 14.5. The number of nitrogens with zero attached hydrogens (tertiary/aromatic N) is 3. The zero-order valence-electron chi connectivity index (χ0n) is 22.1. The molecule has 0 aliphatic carbocycles. The maximum absolute atomic E-state index is 14.5. The van der Waals surface area contributed by atoms with Gasteiger partial charge >= 0.3 is 5.97 Å². The number of carbonyl (C=O) groups is 2. The number of carbonyl (C=O) groups excluding carboxylic acids is 1. The summed E-state index contributed by atoms with van der Waals surface area (Å²) in [5, 5.41) is 20.7. The van der Waals surface area contributed by atoms with Gasteiger partial charge in [0.05, 0.1) is 10.4 Å². The maximum Gasteiger partial charge on any atom is 0.310 e. The van der Waals surface area contributed by atoms with Crippen LogP contribution in [0.25, 0.3) is 0 Å². The van der Waals surface area contributed by atoms with Gasteiger partial charge in [-0.1, -0.05) is 30.7 Å². The largest absolute Gasteiger partial charge is 0.481 e. The molecule has 202 valence electrons. The van der Waals surface area contributed by atoms with Crippen LogP contribution in [0.3, 0.4) is 0 Å². The summed E-state index contributed by atoms with van der Waals surface area (Å²) < 4.78 is 14.5. The van der Waals surface area contributed by atoms with Crippen LogP contribution in [-0.2, 0) is 17.8 Å². The van der Waals surface area contributed by atoms with Crippen molar-refractivity contribution in [3.8, 4) is 0 Å². The van der Waals surface area contributed by atoms with Crippen LogP contribution in [0.1, 0.15) is 66.0 Å². The first-order valence-electron chi connectivity index (χ1n) is 12.8. The third-order valence-electron chi connectivity index (χ3n) is 7.46. The molecule has 0 spiro atoms. The quantitative estimate of drug-likeness (QED) is 0.291. The topological polar surface area (TPSA) is 111 Å². The number of aryl methyl sites for hydroxylation is 1. The third kappa shape index (κ3) is 5.73. The first kappa shape index (κ1) is 27.7. The first-order valence-corrected chi connectivity index (χ1v) is 13.1. The van der Waals surface area contributed by atoms with Crippen molar-refractivity contribution in [3.63, 3.8) is 0 Å². The Hall–Kier alpha value is -3.30. The van der Waals surface area contributed by atoms with Crippen LogP contribution in [0, 0.1) is 25.1 Å². The summed E-state index contributed by atoms with van der Waals surface area (Å²) in [6, 6.07) is 8.36. The van der Waals surface area contributed by atoms with Gasteiger partial charge in [-0.2, -0.15) is 5.10 Å². The summed E-state index contributed by atoms with van der Waals surface area (Å²) in [5.74, 6) is -0.341. The van der Waals surface area contributed by atoms with Gasteiger partial charge < -0.3 is 10.4 Å². The predicted octanol–water partition coefficient (Wildman–Crippen LogP) is 5.85. The zero-order chi connectivity index (χ0) is 27.6. The number of pyridine rings is 1. The SMILES string of the molecule is CCC(=O)c1cc(C[C@@]2(C(=O)O)CCN(Cc3cccc(Cl)c3F)[C@H](C)C2)nc(Nc2cc(C)[nH]n2)c1C. The monoisotopic (exact) mass is 541 g/mol. The zero-order valence-corrected chi connectivity index (χ0v) is 22.8. The second-order valence-electron chi connectivity index (χ2n) is 10.2. The highest BCUT2D eigenvalue weighted by Gasteiger charge is 2.45. The molecule has 3 aromatic rings. The summed E-state index contributed by atoms with van der Waals surface area (Å²) in [7, 11) is 0. The highest BCUT2D eigenvalue weighted by molar-refractivity contribution is 6.30. The highest BCUT2D eigenvalue weighted by Crippen LogP contribution is 2.40. The van der Waals surface area contributed by atoms with Gasteiger partial charge in [-0.15, -0.1) is 0 Å². The molecular formula is C28H33ClFN5O3. The lowest BCUT2D eigenvalue weighted by Crippen LogP contribution is -2.49. The summed E-state index contributed by atoms with van der Waals surface area (Å²) in [5.41, 5.74) is 2.03. The Morgan fingerprint density at radius 1 is 1.32 bits per heavy atom. The molecule has 2 atom stereocenters. The van der Waals surface area contributed by atoms with E-state index in [1.54, 1.807) is 25.1 Å². The summed E-state index contributed by atoms with van der Waals surface area (Å²) in [4.78, 5) is 32.3. The second-order valence-corrected chi connectivity index (χ2v) is 10.6. The Bertz CT molecular complexity index is 1360. The number of carboxylic acid groups (broad SMARTS) is 1. The lowest BCUT2D eigenvalue weighted by Gasteiger charge is -2.43. The highest BCUT2D eigenvalue weighted by atomic mass is 35.5. The van der Waals surface area contributed by atoms with Crippen LogP contribution < -0.4 is 5.32 Å². The molecule has 1 aliphatic rings. The van der Waals surface area contributed by atoms with E-state index >= 15 is 0 Å². The van der Waals surface area contributed by atoms with Crippen LogP contribution in [0.15, 0.2) is 30.3 Å². The molecular weight excluding hydrogens is 509 g/mol. The van der Waals surface area contributed by atoms with Crippen molar-refractivity contribution in [1.82, 2.24) is 20.1 Å². The van der Waals surface area contributed by atoms with Crippen LogP contribution in [0.2, 0.25) is 5.02 Å². The van der Waals surface area contributed by atoms with Gasteiger partial charge in [0.25, 0.3) is 0 Å². The number of H-pyrrole nitrogens is 1. The van der Waals surface area contributed by atoms with Gasteiger partial charge in [0, 0.05) is 59.6 Å². The van der Waals surface area contributed by atoms with Gasteiger partial charge in [-0.25, -0.2) is 9.37 Å². The van der Waals surface area contributed by atoms with Crippen molar-refractivity contribution in [2.45, 2.75) is 66.0 Å².